The SMILES string of the molecule is COc1ccc(-c2ncc(C(=O)O)[nH]2)cc1OC(F)F. The first kappa shape index (κ1) is 13.8. The molecule has 0 saturated carbocycles. The van der Waals surface area contributed by atoms with E-state index in [-0.39, 0.29) is 23.0 Å². The van der Waals surface area contributed by atoms with Crippen molar-refractivity contribution in [3.63, 3.8) is 0 Å². The third-order valence-electron chi connectivity index (χ3n) is 2.46. The number of alkyl halides is 2. The predicted octanol–water partition coefficient (Wildman–Crippen LogP) is 2.38. The number of nitrogens with one attached hydrogen (secondary N) is 1. The van der Waals surface area contributed by atoms with Crippen LogP contribution < -0.4 is 9.47 Å². The zero-order valence-electron chi connectivity index (χ0n) is 10.3. The number of aromatic nitrogens is 2. The number of carbonyl (C=O) groups is 1. The second-order valence-corrected chi connectivity index (χ2v) is 3.69. The van der Waals surface area contributed by atoms with Gasteiger partial charge in [0.1, 0.15) is 11.5 Å². The van der Waals surface area contributed by atoms with Crippen molar-refractivity contribution in [2.24, 2.45) is 0 Å². The van der Waals surface area contributed by atoms with Crippen molar-refractivity contribution in [2.45, 2.75) is 6.61 Å². The number of halogens is 2. The van der Waals surface area contributed by atoms with Crippen molar-refractivity contribution in [3.05, 3.63) is 30.1 Å². The summed E-state index contributed by atoms with van der Waals surface area (Å²) in [5.41, 5.74) is 0.293. The van der Waals surface area contributed by atoms with Crippen molar-refractivity contribution < 1.29 is 28.2 Å². The molecule has 0 aliphatic rings. The number of imidazole rings is 1. The van der Waals surface area contributed by atoms with E-state index in [9.17, 15) is 13.6 Å². The van der Waals surface area contributed by atoms with E-state index in [0.717, 1.165) is 6.20 Å². The van der Waals surface area contributed by atoms with Gasteiger partial charge in [-0.25, -0.2) is 9.78 Å². The minimum atomic E-state index is -3.00. The molecule has 1 heterocycles. The smallest absolute Gasteiger partial charge is 0.387 e. The standard InChI is InChI=1S/C12H10F2N2O4/c1-19-8-3-2-6(4-9(8)20-12(13)14)10-15-5-7(16-10)11(17)18/h2-5,12H,1H3,(H,15,16)(H,17,18). The summed E-state index contributed by atoms with van der Waals surface area (Å²) in [5.74, 6) is -0.960. The first-order chi connectivity index (χ1) is 9.51. The van der Waals surface area contributed by atoms with Crippen LogP contribution in [-0.2, 0) is 0 Å². The Balaban J connectivity index is 2.38. The Labute approximate surface area is 112 Å². The van der Waals surface area contributed by atoms with Crippen LogP contribution in [0.5, 0.6) is 11.5 Å². The summed E-state index contributed by atoms with van der Waals surface area (Å²) in [6.07, 6.45) is 1.13. The van der Waals surface area contributed by atoms with E-state index < -0.39 is 12.6 Å². The topological polar surface area (TPSA) is 84.4 Å². The van der Waals surface area contributed by atoms with Gasteiger partial charge in [-0.1, -0.05) is 0 Å². The number of methoxy groups -OCH3 is 1. The highest BCUT2D eigenvalue weighted by atomic mass is 19.3. The minimum Gasteiger partial charge on any atom is -0.493 e. The van der Waals surface area contributed by atoms with Crippen LogP contribution in [-0.4, -0.2) is 34.8 Å². The Kier molecular flexibility index (Phi) is 3.83. The molecule has 0 atom stereocenters. The van der Waals surface area contributed by atoms with Gasteiger partial charge in [0, 0.05) is 5.56 Å². The monoisotopic (exact) mass is 284 g/mol. The van der Waals surface area contributed by atoms with Gasteiger partial charge in [-0.05, 0) is 18.2 Å². The van der Waals surface area contributed by atoms with Gasteiger partial charge in [-0.2, -0.15) is 8.78 Å². The summed E-state index contributed by atoms with van der Waals surface area (Å²) in [6, 6.07) is 4.26. The predicted molar refractivity (Wildman–Crippen MR) is 64.2 cm³/mol. The number of benzene rings is 1. The molecule has 1 aromatic carbocycles. The van der Waals surface area contributed by atoms with Gasteiger partial charge in [0.2, 0.25) is 0 Å². The molecule has 1 aromatic heterocycles. The highest BCUT2D eigenvalue weighted by Gasteiger charge is 2.14. The molecule has 0 spiro atoms. The molecule has 0 saturated heterocycles. The molecule has 0 radical (unpaired) electrons. The van der Waals surface area contributed by atoms with Crippen LogP contribution in [0.25, 0.3) is 11.4 Å². The molecule has 0 unspecified atom stereocenters. The quantitative estimate of drug-likeness (QED) is 0.880. The number of aromatic carboxylic acids is 1. The molecule has 2 N–H and O–H groups in total. The summed E-state index contributed by atoms with van der Waals surface area (Å²) in [7, 11) is 1.32. The zero-order valence-corrected chi connectivity index (χ0v) is 10.3. The normalized spacial score (nSPS) is 10.6. The average Bonchev–Trinajstić information content (AvgIpc) is 2.87. The molecular formula is C12H10F2N2O4. The maximum atomic E-state index is 12.3. The maximum absolute atomic E-state index is 12.3. The van der Waals surface area contributed by atoms with E-state index in [1.54, 1.807) is 6.07 Å². The molecule has 6 nitrogen and oxygen atoms in total. The van der Waals surface area contributed by atoms with Crippen molar-refractivity contribution in [1.29, 1.82) is 0 Å². The number of hydrogen-bond acceptors (Lipinski definition) is 4. The lowest BCUT2D eigenvalue weighted by atomic mass is 10.2. The molecule has 0 amide bonds. The van der Waals surface area contributed by atoms with Gasteiger partial charge in [0.15, 0.2) is 11.5 Å². The number of nitrogens with zero attached hydrogens (tertiary/aromatic N) is 1. The van der Waals surface area contributed by atoms with E-state index in [2.05, 4.69) is 14.7 Å². The number of hydrogen-bond donors (Lipinski definition) is 2. The second-order valence-electron chi connectivity index (χ2n) is 3.69. The average molecular weight is 284 g/mol. The molecular weight excluding hydrogens is 274 g/mol. The largest absolute Gasteiger partial charge is 0.493 e. The van der Waals surface area contributed by atoms with E-state index >= 15 is 0 Å². The Morgan fingerprint density at radius 2 is 2.15 bits per heavy atom. The molecule has 0 aliphatic carbocycles. The van der Waals surface area contributed by atoms with Crippen LogP contribution in [0.1, 0.15) is 10.5 Å². The van der Waals surface area contributed by atoms with E-state index in [0.29, 0.717) is 5.56 Å². The fourth-order valence-corrected chi connectivity index (χ4v) is 1.59. The van der Waals surface area contributed by atoms with E-state index in [1.807, 2.05) is 0 Å². The van der Waals surface area contributed by atoms with Crippen LogP contribution in [0.15, 0.2) is 24.4 Å². The molecule has 2 aromatic rings. The van der Waals surface area contributed by atoms with Gasteiger partial charge >= 0.3 is 12.6 Å². The molecule has 106 valence electrons. The van der Waals surface area contributed by atoms with Gasteiger partial charge in [0.05, 0.1) is 13.3 Å². The van der Waals surface area contributed by atoms with Crippen molar-refractivity contribution in [3.8, 4) is 22.9 Å². The van der Waals surface area contributed by atoms with Crippen molar-refractivity contribution in [1.82, 2.24) is 9.97 Å². The van der Waals surface area contributed by atoms with Gasteiger partial charge in [-0.15, -0.1) is 0 Å². The Bertz CT molecular complexity index is 628. The van der Waals surface area contributed by atoms with Gasteiger partial charge < -0.3 is 19.6 Å². The third kappa shape index (κ3) is 2.85. The third-order valence-corrected chi connectivity index (χ3v) is 2.46. The Morgan fingerprint density at radius 3 is 2.70 bits per heavy atom. The molecule has 8 heteroatoms. The molecule has 20 heavy (non-hydrogen) atoms. The lowest BCUT2D eigenvalue weighted by Gasteiger charge is -2.10. The Morgan fingerprint density at radius 1 is 1.40 bits per heavy atom. The van der Waals surface area contributed by atoms with Crippen LogP contribution in [0.2, 0.25) is 0 Å². The molecule has 0 fully saturated rings. The highest BCUT2D eigenvalue weighted by molar-refractivity contribution is 5.85. The van der Waals surface area contributed by atoms with Crippen molar-refractivity contribution >= 4 is 5.97 Å². The maximum Gasteiger partial charge on any atom is 0.387 e. The molecule has 2 rings (SSSR count). The fourth-order valence-electron chi connectivity index (χ4n) is 1.59. The Hall–Kier alpha value is -2.64. The van der Waals surface area contributed by atoms with E-state index in [4.69, 9.17) is 9.84 Å². The molecule has 0 bridgehead atoms. The fraction of sp³-hybridized carbons (Fsp3) is 0.167. The lowest BCUT2D eigenvalue weighted by Crippen LogP contribution is -2.03. The van der Waals surface area contributed by atoms with Crippen LogP contribution in [0.4, 0.5) is 8.78 Å². The lowest BCUT2D eigenvalue weighted by molar-refractivity contribution is -0.0511. The second kappa shape index (κ2) is 5.55. The van der Waals surface area contributed by atoms with Crippen LogP contribution in [0, 0.1) is 0 Å². The zero-order chi connectivity index (χ0) is 14.7. The van der Waals surface area contributed by atoms with Gasteiger partial charge in [0.25, 0.3) is 0 Å². The molecule has 0 aliphatic heterocycles. The highest BCUT2D eigenvalue weighted by Crippen LogP contribution is 2.32. The van der Waals surface area contributed by atoms with Crippen molar-refractivity contribution in [2.75, 3.05) is 7.11 Å². The number of H-pyrrole nitrogens is 1. The minimum absolute atomic E-state index is 0.104. The summed E-state index contributed by atoms with van der Waals surface area (Å²) in [6.45, 7) is -3.00. The van der Waals surface area contributed by atoms with Crippen LogP contribution in [0.3, 0.4) is 0 Å². The first-order valence-electron chi connectivity index (χ1n) is 5.42. The summed E-state index contributed by atoms with van der Waals surface area (Å²) in [5, 5.41) is 8.79. The summed E-state index contributed by atoms with van der Waals surface area (Å²) in [4.78, 5) is 17.2. The number of aromatic amines is 1. The summed E-state index contributed by atoms with van der Waals surface area (Å²) < 4.78 is 33.8. The van der Waals surface area contributed by atoms with Gasteiger partial charge in [-0.3, -0.25) is 0 Å². The van der Waals surface area contributed by atoms with E-state index in [1.165, 1.54) is 19.2 Å². The number of carboxylic acid groups (broad SMARTS) is 1. The number of rotatable bonds is 5. The van der Waals surface area contributed by atoms with Crippen LogP contribution >= 0.6 is 0 Å². The number of ether oxygens (including phenoxy) is 2. The first-order valence-corrected chi connectivity index (χ1v) is 5.42. The summed E-state index contributed by atoms with van der Waals surface area (Å²) >= 11 is 0. The number of carboxylic acids is 1.